The fourth-order valence-electron chi connectivity index (χ4n) is 4.32. The maximum atomic E-state index is 4.86. The molecule has 1 fully saturated rings. The molecule has 0 bridgehead atoms. The number of anilines is 3. The van der Waals surface area contributed by atoms with Gasteiger partial charge in [0.2, 0.25) is 17.8 Å². The molecule has 5 heterocycles. The Bertz CT molecular complexity index is 1570. The Hall–Kier alpha value is -4.64. The molecule has 6 rings (SSSR count). The van der Waals surface area contributed by atoms with Crippen LogP contribution in [0.25, 0.3) is 33.5 Å². The van der Waals surface area contributed by atoms with E-state index < -0.39 is 0 Å². The molecule has 1 saturated heterocycles. The fourth-order valence-corrected chi connectivity index (χ4v) is 4.32. The Labute approximate surface area is 220 Å². The van der Waals surface area contributed by atoms with Gasteiger partial charge in [0.25, 0.3) is 0 Å². The van der Waals surface area contributed by atoms with Crippen LogP contribution in [-0.4, -0.2) is 78.0 Å². The summed E-state index contributed by atoms with van der Waals surface area (Å²) in [4.78, 5) is 41.5. The average Bonchev–Trinajstić information content (AvgIpc) is 2.97. The summed E-state index contributed by atoms with van der Waals surface area (Å²) in [5.74, 6) is 2.19. The fraction of sp³-hybridized carbons (Fsp3) is 0.259. The van der Waals surface area contributed by atoms with Gasteiger partial charge in [-0.1, -0.05) is 19.1 Å². The zero-order chi connectivity index (χ0) is 25.9. The second-order valence-electron chi connectivity index (χ2n) is 9.08. The Morgan fingerprint density at radius 3 is 2.37 bits per heavy atom. The van der Waals surface area contributed by atoms with Crippen LogP contribution in [0.15, 0.2) is 61.2 Å². The first-order chi connectivity index (χ1) is 18.7. The number of aromatic nitrogens is 8. The number of para-hydroxylation sites is 2. The molecule has 0 amide bonds. The molecule has 11 nitrogen and oxygen atoms in total. The second kappa shape index (κ2) is 10.4. The molecule has 1 aliphatic rings. The third kappa shape index (κ3) is 4.96. The van der Waals surface area contributed by atoms with E-state index in [1.54, 1.807) is 24.8 Å². The number of hydrogen-bond donors (Lipinski definition) is 1. The van der Waals surface area contributed by atoms with Crippen molar-refractivity contribution >= 4 is 28.9 Å². The number of nitrogens with one attached hydrogen (secondary N) is 1. The molecule has 38 heavy (non-hydrogen) atoms. The van der Waals surface area contributed by atoms with Crippen LogP contribution in [0, 0.1) is 0 Å². The van der Waals surface area contributed by atoms with Crippen molar-refractivity contribution in [2.45, 2.75) is 13.3 Å². The van der Waals surface area contributed by atoms with Crippen molar-refractivity contribution < 1.29 is 0 Å². The number of nitrogens with zero attached hydrogens (tertiary/aromatic N) is 10. The second-order valence-corrected chi connectivity index (χ2v) is 9.08. The molecular formula is C27H27N11. The van der Waals surface area contributed by atoms with Gasteiger partial charge in [0.1, 0.15) is 5.82 Å². The molecule has 5 aromatic rings. The van der Waals surface area contributed by atoms with Crippen LogP contribution in [0.4, 0.5) is 17.8 Å². The zero-order valence-corrected chi connectivity index (χ0v) is 21.3. The van der Waals surface area contributed by atoms with Crippen LogP contribution >= 0.6 is 0 Å². The van der Waals surface area contributed by atoms with Gasteiger partial charge >= 0.3 is 0 Å². The minimum Gasteiger partial charge on any atom is -0.338 e. The largest absolute Gasteiger partial charge is 0.338 e. The number of hydrogen-bond acceptors (Lipinski definition) is 11. The highest BCUT2D eigenvalue weighted by atomic mass is 15.3. The zero-order valence-electron chi connectivity index (χ0n) is 21.3. The van der Waals surface area contributed by atoms with Crippen molar-refractivity contribution in [3.8, 4) is 22.5 Å². The van der Waals surface area contributed by atoms with Crippen molar-refractivity contribution in [1.29, 1.82) is 0 Å². The van der Waals surface area contributed by atoms with Crippen molar-refractivity contribution in [2.24, 2.45) is 0 Å². The summed E-state index contributed by atoms with van der Waals surface area (Å²) in [7, 11) is 2.13. The molecule has 11 heteroatoms. The molecule has 0 unspecified atom stereocenters. The molecule has 0 saturated carbocycles. The van der Waals surface area contributed by atoms with E-state index in [4.69, 9.17) is 15.0 Å². The summed E-state index contributed by atoms with van der Waals surface area (Å²) < 4.78 is 0. The van der Waals surface area contributed by atoms with E-state index in [0.717, 1.165) is 48.3 Å². The highest BCUT2D eigenvalue weighted by molar-refractivity contribution is 5.82. The van der Waals surface area contributed by atoms with Gasteiger partial charge in [0.05, 0.1) is 28.6 Å². The number of rotatable bonds is 6. The summed E-state index contributed by atoms with van der Waals surface area (Å²) in [5, 5.41) is 3.21. The van der Waals surface area contributed by atoms with Gasteiger partial charge in [-0.3, -0.25) is 15.3 Å². The Morgan fingerprint density at radius 1 is 0.789 bits per heavy atom. The van der Waals surface area contributed by atoms with Crippen LogP contribution < -0.4 is 10.2 Å². The quantitative estimate of drug-likeness (QED) is 0.365. The number of aryl methyl sites for hydroxylation is 1. The third-order valence-corrected chi connectivity index (χ3v) is 6.46. The number of piperazine rings is 1. The van der Waals surface area contributed by atoms with Gasteiger partial charge in [-0.05, 0) is 31.3 Å². The minimum atomic E-state index is 0.381. The van der Waals surface area contributed by atoms with Gasteiger partial charge in [0, 0.05) is 62.3 Å². The van der Waals surface area contributed by atoms with Crippen LogP contribution in [0.3, 0.4) is 0 Å². The van der Waals surface area contributed by atoms with Crippen molar-refractivity contribution in [3.63, 3.8) is 0 Å². The molecule has 0 atom stereocenters. The van der Waals surface area contributed by atoms with Crippen LogP contribution in [-0.2, 0) is 6.42 Å². The monoisotopic (exact) mass is 505 g/mol. The van der Waals surface area contributed by atoms with E-state index in [-0.39, 0.29) is 0 Å². The molecule has 1 aromatic carbocycles. The van der Waals surface area contributed by atoms with E-state index in [9.17, 15) is 0 Å². The molecule has 4 aromatic heterocycles. The molecule has 190 valence electrons. The summed E-state index contributed by atoms with van der Waals surface area (Å²) in [6.07, 6.45) is 7.68. The summed E-state index contributed by atoms with van der Waals surface area (Å²) in [6, 6.07) is 11.6. The Kier molecular flexibility index (Phi) is 6.49. The topological polar surface area (TPSA) is 122 Å². The predicted molar refractivity (Wildman–Crippen MR) is 146 cm³/mol. The number of likely N-dealkylation sites (N-methyl/N-ethyl adjacent to an activating group) is 1. The van der Waals surface area contributed by atoms with E-state index >= 15 is 0 Å². The lowest BCUT2D eigenvalue weighted by atomic mass is 10.1. The maximum absolute atomic E-state index is 4.86. The third-order valence-electron chi connectivity index (χ3n) is 6.46. The summed E-state index contributed by atoms with van der Waals surface area (Å²) in [5.41, 5.74) is 4.69. The molecule has 0 aliphatic carbocycles. The van der Waals surface area contributed by atoms with Crippen molar-refractivity contribution in [2.75, 3.05) is 43.4 Å². The first kappa shape index (κ1) is 23.7. The van der Waals surface area contributed by atoms with E-state index in [1.807, 2.05) is 43.3 Å². The minimum absolute atomic E-state index is 0.381. The van der Waals surface area contributed by atoms with E-state index in [2.05, 4.69) is 47.1 Å². The Balaban J connectivity index is 1.37. The smallest absolute Gasteiger partial charge is 0.234 e. The lowest BCUT2D eigenvalue weighted by Crippen LogP contribution is -2.45. The lowest BCUT2D eigenvalue weighted by molar-refractivity contribution is 0.311. The van der Waals surface area contributed by atoms with Gasteiger partial charge in [0.15, 0.2) is 0 Å². The first-order valence-electron chi connectivity index (χ1n) is 12.6. The van der Waals surface area contributed by atoms with Gasteiger partial charge in [-0.2, -0.15) is 15.0 Å². The van der Waals surface area contributed by atoms with Gasteiger partial charge < -0.3 is 9.80 Å². The first-order valence-corrected chi connectivity index (χ1v) is 12.6. The van der Waals surface area contributed by atoms with E-state index in [1.165, 1.54) is 0 Å². The number of fused-ring (bicyclic) bond motifs is 1. The van der Waals surface area contributed by atoms with Crippen molar-refractivity contribution in [3.05, 3.63) is 67.0 Å². The predicted octanol–water partition coefficient (Wildman–Crippen LogP) is 3.39. The van der Waals surface area contributed by atoms with E-state index in [0.29, 0.717) is 41.5 Å². The van der Waals surface area contributed by atoms with Gasteiger partial charge in [-0.25, -0.2) is 15.0 Å². The maximum Gasteiger partial charge on any atom is 0.234 e. The standard InChI is InChI=1S/C27H27N11/c1-3-23-32-26(36-27(33-23)38-14-12-37(2)13-15-38)35-25-30-16-19(24(34-25)18-8-10-28-11-9-18)22-17-29-20-6-4-5-7-21(20)31-22/h4-11,16-17H,3,12-15H2,1-2H3,(H,30,32,33,34,35,36). The summed E-state index contributed by atoms with van der Waals surface area (Å²) in [6.45, 7) is 5.70. The number of benzene rings is 1. The van der Waals surface area contributed by atoms with Crippen LogP contribution in [0.1, 0.15) is 12.7 Å². The molecular weight excluding hydrogens is 478 g/mol. The molecule has 1 aliphatic heterocycles. The van der Waals surface area contributed by atoms with Crippen LogP contribution in [0.5, 0.6) is 0 Å². The molecule has 0 radical (unpaired) electrons. The summed E-state index contributed by atoms with van der Waals surface area (Å²) >= 11 is 0. The van der Waals surface area contributed by atoms with Gasteiger partial charge in [-0.15, -0.1) is 0 Å². The number of pyridine rings is 1. The average molecular weight is 506 g/mol. The molecule has 0 spiro atoms. The van der Waals surface area contributed by atoms with Crippen molar-refractivity contribution in [1.82, 2.24) is 44.8 Å². The SMILES string of the molecule is CCc1nc(Nc2ncc(-c3cnc4ccccc4n3)c(-c3ccncc3)n2)nc(N2CCN(C)CC2)n1. The highest BCUT2D eigenvalue weighted by Crippen LogP contribution is 2.30. The lowest BCUT2D eigenvalue weighted by Gasteiger charge is -2.32. The normalized spacial score (nSPS) is 14.1. The Morgan fingerprint density at radius 2 is 1.58 bits per heavy atom. The highest BCUT2D eigenvalue weighted by Gasteiger charge is 2.19. The van der Waals surface area contributed by atoms with Crippen LogP contribution in [0.2, 0.25) is 0 Å². The molecule has 1 N–H and O–H groups in total.